The van der Waals surface area contributed by atoms with E-state index in [-0.39, 0.29) is 0 Å². The van der Waals surface area contributed by atoms with Crippen LogP contribution in [0.5, 0.6) is 0 Å². The maximum absolute atomic E-state index is 5.42. The van der Waals surface area contributed by atoms with E-state index in [1.165, 1.54) is 12.8 Å². The van der Waals surface area contributed by atoms with Crippen molar-refractivity contribution in [2.24, 2.45) is 5.92 Å². The molecule has 1 atom stereocenters. The SMILES string of the molecule is CCCNCC(CC(C)C)N1CCOCC1. The van der Waals surface area contributed by atoms with Gasteiger partial charge in [-0.2, -0.15) is 0 Å². The molecule has 1 heterocycles. The van der Waals surface area contributed by atoms with Crippen molar-refractivity contribution in [3.63, 3.8) is 0 Å². The lowest BCUT2D eigenvalue weighted by Crippen LogP contribution is -2.48. The van der Waals surface area contributed by atoms with E-state index in [0.717, 1.165) is 45.3 Å². The van der Waals surface area contributed by atoms with E-state index in [1.54, 1.807) is 0 Å². The lowest BCUT2D eigenvalue weighted by molar-refractivity contribution is 0.0124. The van der Waals surface area contributed by atoms with Crippen molar-refractivity contribution in [1.29, 1.82) is 0 Å². The lowest BCUT2D eigenvalue weighted by Gasteiger charge is -2.35. The molecule has 0 aromatic rings. The fourth-order valence-electron chi connectivity index (χ4n) is 2.29. The molecule has 96 valence electrons. The molecule has 3 heteroatoms. The fourth-order valence-corrected chi connectivity index (χ4v) is 2.29. The number of ether oxygens (including phenoxy) is 1. The average Bonchev–Trinajstić information content (AvgIpc) is 2.29. The number of hydrogen-bond donors (Lipinski definition) is 1. The van der Waals surface area contributed by atoms with Gasteiger partial charge < -0.3 is 10.1 Å². The third kappa shape index (κ3) is 5.28. The smallest absolute Gasteiger partial charge is 0.0594 e. The van der Waals surface area contributed by atoms with E-state index in [9.17, 15) is 0 Å². The van der Waals surface area contributed by atoms with Gasteiger partial charge in [0, 0.05) is 25.7 Å². The van der Waals surface area contributed by atoms with Crippen LogP contribution in [-0.4, -0.2) is 50.3 Å². The standard InChI is InChI=1S/C13H28N2O/c1-4-5-14-11-13(10-12(2)3)15-6-8-16-9-7-15/h12-14H,4-11H2,1-3H3. The highest BCUT2D eigenvalue weighted by atomic mass is 16.5. The van der Waals surface area contributed by atoms with E-state index < -0.39 is 0 Å². The van der Waals surface area contributed by atoms with E-state index in [0.29, 0.717) is 6.04 Å². The van der Waals surface area contributed by atoms with Crippen molar-refractivity contribution in [2.75, 3.05) is 39.4 Å². The summed E-state index contributed by atoms with van der Waals surface area (Å²) in [5.74, 6) is 0.774. The molecule has 3 nitrogen and oxygen atoms in total. The summed E-state index contributed by atoms with van der Waals surface area (Å²) in [6.45, 7) is 13.1. The third-order valence-electron chi connectivity index (χ3n) is 3.11. The first kappa shape index (κ1) is 13.9. The lowest BCUT2D eigenvalue weighted by atomic mass is 10.0. The largest absolute Gasteiger partial charge is 0.379 e. The molecule has 1 fully saturated rings. The summed E-state index contributed by atoms with van der Waals surface area (Å²) in [4.78, 5) is 2.59. The molecular formula is C13H28N2O. The molecule has 1 aliphatic heterocycles. The molecule has 0 aromatic carbocycles. The van der Waals surface area contributed by atoms with Crippen LogP contribution in [0.2, 0.25) is 0 Å². The van der Waals surface area contributed by atoms with Gasteiger partial charge in [0.15, 0.2) is 0 Å². The van der Waals surface area contributed by atoms with Gasteiger partial charge in [0.05, 0.1) is 13.2 Å². The van der Waals surface area contributed by atoms with Gasteiger partial charge in [-0.25, -0.2) is 0 Å². The van der Waals surface area contributed by atoms with Crippen LogP contribution in [0.15, 0.2) is 0 Å². The monoisotopic (exact) mass is 228 g/mol. The Morgan fingerprint density at radius 3 is 2.50 bits per heavy atom. The first-order chi connectivity index (χ1) is 7.74. The summed E-state index contributed by atoms with van der Waals surface area (Å²) in [6, 6.07) is 0.690. The Morgan fingerprint density at radius 2 is 1.94 bits per heavy atom. The Balaban J connectivity index is 2.34. The quantitative estimate of drug-likeness (QED) is 0.672. The zero-order valence-corrected chi connectivity index (χ0v) is 11.2. The minimum Gasteiger partial charge on any atom is -0.379 e. The van der Waals surface area contributed by atoms with E-state index in [4.69, 9.17) is 4.74 Å². The van der Waals surface area contributed by atoms with Gasteiger partial charge in [0.1, 0.15) is 0 Å². The Hall–Kier alpha value is -0.120. The first-order valence-corrected chi connectivity index (χ1v) is 6.76. The van der Waals surface area contributed by atoms with E-state index in [2.05, 4.69) is 31.0 Å². The molecule has 1 unspecified atom stereocenters. The summed E-state index contributed by atoms with van der Waals surface area (Å²) in [5, 5.41) is 3.56. The number of hydrogen-bond acceptors (Lipinski definition) is 3. The van der Waals surface area contributed by atoms with Crippen LogP contribution in [0.3, 0.4) is 0 Å². The molecule has 0 bridgehead atoms. The van der Waals surface area contributed by atoms with Crippen LogP contribution in [0, 0.1) is 5.92 Å². The fraction of sp³-hybridized carbons (Fsp3) is 1.00. The minimum absolute atomic E-state index is 0.690. The molecule has 0 saturated carbocycles. The average molecular weight is 228 g/mol. The van der Waals surface area contributed by atoms with Crippen LogP contribution in [0.25, 0.3) is 0 Å². The third-order valence-corrected chi connectivity index (χ3v) is 3.11. The highest BCUT2D eigenvalue weighted by Crippen LogP contribution is 2.12. The Morgan fingerprint density at radius 1 is 1.25 bits per heavy atom. The number of morpholine rings is 1. The van der Waals surface area contributed by atoms with E-state index in [1.807, 2.05) is 0 Å². The van der Waals surface area contributed by atoms with Crippen molar-refractivity contribution < 1.29 is 4.74 Å². The maximum atomic E-state index is 5.42. The molecule has 1 saturated heterocycles. The maximum Gasteiger partial charge on any atom is 0.0594 e. The van der Waals surface area contributed by atoms with Crippen LogP contribution in [0.1, 0.15) is 33.6 Å². The molecule has 1 rings (SSSR count). The van der Waals surface area contributed by atoms with Crippen molar-refractivity contribution in [1.82, 2.24) is 10.2 Å². The van der Waals surface area contributed by atoms with Crippen LogP contribution < -0.4 is 5.32 Å². The summed E-state index contributed by atoms with van der Waals surface area (Å²) in [6.07, 6.45) is 2.51. The number of rotatable bonds is 7. The van der Waals surface area contributed by atoms with E-state index >= 15 is 0 Å². The summed E-state index contributed by atoms with van der Waals surface area (Å²) < 4.78 is 5.42. The summed E-state index contributed by atoms with van der Waals surface area (Å²) in [5.41, 5.74) is 0. The molecule has 0 aromatic heterocycles. The molecule has 0 radical (unpaired) electrons. The molecular weight excluding hydrogens is 200 g/mol. The number of nitrogens with one attached hydrogen (secondary N) is 1. The first-order valence-electron chi connectivity index (χ1n) is 6.76. The zero-order valence-electron chi connectivity index (χ0n) is 11.2. The zero-order chi connectivity index (χ0) is 11.8. The minimum atomic E-state index is 0.690. The Kier molecular flexibility index (Phi) is 7.01. The second kappa shape index (κ2) is 8.04. The van der Waals surface area contributed by atoms with Crippen LogP contribution >= 0.6 is 0 Å². The second-order valence-corrected chi connectivity index (χ2v) is 5.14. The Labute approximate surface area is 101 Å². The molecule has 0 spiro atoms. The van der Waals surface area contributed by atoms with Crippen molar-refractivity contribution in [2.45, 2.75) is 39.7 Å². The van der Waals surface area contributed by atoms with Crippen molar-refractivity contribution in [3.8, 4) is 0 Å². The predicted molar refractivity (Wildman–Crippen MR) is 68.8 cm³/mol. The highest BCUT2D eigenvalue weighted by molar-refractivity contribution is 4.77. The number of nitrogens with zero attached hydrogens (tertiary/aromatic N) is 1. The van der Waals surface area contributed by atoms with Gasteiger partial charge in [0.2, 0.25) is 0 Å². The van der Waals surface area contributed by atoms with Gasteiger partial charge in [0.25, 0.3) is 0 Å². The van der Waals surface area contributed by atoms with Crippen molar-refractivity contribution >= 4 is 0 Å². The van der Waals surface area contributed by atoms with Gasteiger partial charge >= 0.3 is 0 Å². The topological polar surface area (TPSA) is 24.5 Å². The highest BCUT2D eigenvalue weighted by Gasteiger charge is 2.21. The molecule has 1 aliphatic rings. The molecule has 16 heavy (non-hydrogen) atoms. The Bertz CT molecular complexity index is 167. The summed E-state index contributed by atoms with van der Waals surface area (Å²) in [7, 11) is 0. The van der Waals surface area contributed by atoms with Gasteiger partial charge in [-0.3, -0.25) is 4.90 Å². The van der Waals surface area contributed by atoms with Crippen LogP contribution in [-0.2, 0) is 4.74 Å². The van der Waals surface area contributed by atoms with Crippen LogP contribution in [0.4, 0.5) is 0 Å². The molecule has 0 amide bonds. The normalized spacial score (nSPS) is 20.2. The van der Waals surface area contributed by atoms with Gasteiger partial charge in [-0.05, 0) is 25.3 Å². The molecule has 0 aliphatic carbocycles. The van der Waals surface area contributed by atoms with Gasteiger partial charge in [-0.15, -0.1) is 0 Å². The predicted octanol–water partition coefficient (Wildman–Crippen LogP) is 1.73. The second-order valence-electron chi connectivity index (χ2n) is 5.14. The molecule has 1 N–H and O–H groups in total. The summed E-state index contributed by atoms with van der Waals surface area (Å²) >= 11 is 0. The van der Waals surface area contributed by atoms with Gasteiger partial charge in [-0.1, -0.05) is 20.8 Å². The van der Waals surface area contributed by atoms with Crippen molar-refractivity contribution in [3.05, 3.63) is 0 Å².